The molecule has 3 rings (SSSR count). The lowest BCUT2D eigenvalue weighted by molar-refractivity contribution is -0.119. The Kier molecular flexibility index (Phi) is 6.77. The summed E-state index contributed by atoms with van der Waals surface area (Å²) in [4.78, 5) is 23.5. The molecule has 0 saturated heterocycles. The first-order valence-corrected chi connectivity index (χ1v) is 9.27. The van der Waals surface area contributed by atoms with E-state index in [1.807, 2.05) is 30.3 Å². The maximum absolute atomic E-state index is 12.6. The molecule has 0 radical (unpaired) electrons. The zero-order chi connectivity index (χ0) is 21.5. The van der Waals surface area contributed by atoms with Crippen molar-refractivity contribution in [3.63, 3.8) is 0 Å². The van der Waals surface area contributed by atoms with Gasteiger partial charge in [0.05, 0.1) is 12.1 Å². The monoisotopic (exact) mass is 426 g/mol. The zero-order valence-electron chi connectivity index (χ0n) is 16.1. The zero-order valence-corrected chi connectivity index (χ0v) is 16.8. The number of benzene rings is 3. The number of anilines is 1. The molecule has 3 aromatic rings. The fourth-order valence-corrected chi connectivity index (χ4v) is 2.83. The molecular formula is C22H19ClN2O5. The molecule has 0 aliphatic rings. The van der Waals surface area contributed by atoms with E-state index in [0.29, 0.717) is 11.4 Å². The second-order valence-electron chi connectivity index (χ2n) is 6.14. The summed E-state index contributed by atoms with van der Waals surface area (Å²) in [6.07, 6.45) is 0. The highest BCUT2D eigenvalue weighted by Crippen LogP contribution is 2.36. The first-order valence-electron chi connectivity index (χ1n) is 8.89. The van der Waals surface area contributed by atoms with Crippen molar-refractivity contribution in [3.05, 3.63) is 77.3 Å². The molecule has 154 valence electrons. The van der Waals surface area contributed by atoms with E-state index in [0.717, 1.165) is 5.75 Å². The second-order valence-corrected chi connectivity index (χ2v) is 6.55. The van der Waals surface area contributed by atoms with E-state index in [-0.39, 0.29) is 28.7 Å². The number of ether oxygens (including phenoxy) is 3. The molecule has 0 aliphatic heterocycles. The van der Waals surface area contributed by atoms with E-state index >= 15 is 0 Å². The van der Waals surface area contributed by atoms with Gasteiger partial charge in [-0.05, 0) is 48.5 Å². The Morgan fingerprint density at radius 2 is 1.67 bits per heavy atom. The largest absolute Gasteiger partial charge is 0.493 e. The van der Waals surface area contributed by atoms with Gasteiger partial charge in [-0.25, -0.2) is 0 Å². The molecule has 0 spiro atoms. The topological polar surface area (TPSA) is 99.9 Å². The van der Waals surface area contributed by atoms with Crippen LogP contribution in [0.5, 0.6) is 23.0 Å². The number of primary amides is 1. The van der Waals surface area contributed by atoms with Crippen LogP contribution in [-0.4, -0.2) is 25.5 Å². The number of halogens is 1. The van der Waals surface area contributed by atoms with Gasteiger partial charge in [0.15, 0.2) is 18.1 Å². The minimum Gasteiger partial charge on any atom is -0.493 e. The van der Waals surface area contributed by atoms with Crippen molar-refractivity contribution in [2.45, 2.75) is 0 Å². The smallest absolute Gasteiger partial charge is 0.255 e. The molecule has 3 N–H and O–H groups in total. The van der Waals surface area contributed by atoms with E-state index < -0.39 is 11.8 Å². The predicted molar refractivity (Wildman–Crippen MR) is 114 cm³/mol. The van der Waals surface area contributed by atoms with Crippen LogP contribution in [0.3, 0.4) is 0 Å². The van der Waals surface area contributed by atoms with Crippen LogP contribution in [0.25, 0.3) is 0 Å². The molecule has 3 aromatic carbocycles. The number of hydrogen-bond donors (Lipinski definition) is 2. The quantitative estimate of drug-likeness (QED) is 0.560. The van der Waals surface area contributed by atoms with Crippen LogP contribution < -0.4 is 25.3 Å². The molecule has 2 amide bonds. The number of amides is 2. The number of rotatable bonds is 8. The van der Waals surface area contributed by atoms with Crippen LogP contribution in [0.4, 0.5) is 5.69 Å². The summed E-state index contributed by atoms with van der Waals surface area (Å²) >= 11 is 6.19. The molecule has 0 bridgehead atoms. The fraction of sp³-hybridized carbons (Fsp3) is 0.0909. The summed E-state index contributed by atoms with van der Waals surface area (Å²) in [7, 11) is 1.40. The second kappa shape index (κ2) is 9.67. The summed E-state index contributed by atoms with van der Waals surface area (Å²) in [5.74, 6) is 0.648. The number of hydrogen-bond acceptors (Lipinski definition) is 5. The number of carbonyl (C=O) groups is 2. The van der Waals surface area contributed by atoms with Crippen LogP contribution in [-0.2, 0) is 4.79 Å². The Hall–Kier alpha value is -3.71. The number of carbonyl (C=O) groups excluding carboxylic acids is 2. The first kappa shape index (κ1) is 21.0. The Labute approximate surface area is 178 Å². The summed E-state index contributed by atoms with van der Waals surface area (Å²) in [6, 6.07) is 19.2. The van der Waals surface area contributed by atoms with E-state index in [1.165, 1.54) is 19.2 Å². The van der Waals surface area contributed by atoms with Crippen molar-refractivity contribution in [1.82, 2.24) is 0 Å². The predicted octanol–water partition coefficient (Wildman–Crippen LogP) is 4.26. The third-order valence-corrected chi connectivity index (χ3v) is 4.22. The van der Waals surface area contributed by atoms with Gasteiger partial charge in [-0.1, -0.05) is 29.8 Å². The molecule has 7 nitrogen and oxygen atoms in total. The average molecular weight is 427 g/mol. The van der Waals surface area contributed by atoms with E-state index in [4.69, 9.17) is 31.5 Å². The van der Waals surface area contributed by atoms with Gasteiger partial charge in [-0.2, -0.15) is 0 Å². The lowest BCUT2D eigenvalue weighted by Gasteiger charge is -2.13. The fourth-order valence-electron chi connectivity index (χ4n) is 2.57. The van der Waals surface area contributed by atoms with Crippen LogP contribution in [0.15, 0.2) is 66.7 Å². The van der Waals surface area contributed by atoms with Crippen molar-refractivity contribution < 1.29 is 23.8 Å². The van der Waals surface area contributed by atoms with Crippen molar-refractivity contribution in [2.24, 2.45) is 5.73 Å². The summed E-state index contributed by atoms with van der Waals surface area (Å²) in [5, 5.41) is 2.89. The number of nitrogens with one attached hydrogen (secondary N) is 1. The summed E-state index contributed by atoms with van der Waals surface area (Å²) in [5.41, 5.74) is 5.91. The number of para-hydroxylation sites is 1. The molecule has 0 atom stereocenters. The minimum atomic E-state index is -0.658. The van der Waals surface area contributed by atoms with Crippen molar-refractivity contribution >= 4 is 29.1 Å². The van der Waals surface area contributed by atoms with Gasteiger partial charge in [0.2, 0.25) is 0 Å². The summed E-state index contributed by atoms with van der Waals surface area (Å²) in [6.45, 7) is -0.362. The molecule has 30 heavy (non-hydrogen) atoms. The van der Waals surface area contributed by atoms with Gasteiger partial charge in [-0.3, -0.25) is 9.59 Å². The lowest BCUT2D eigenvalue weighted by Crippen LogP contribution is -2.20. The van der Waals surface area contributed by atoms with Gasteiger partial charge in [0.25, 0.3) is 11.8 Å². The van der Waals surface area contributed by atoms with Crippen LogP contribution in [0.2, 0.25) is 5.02 Å². The lowest BCUT2D eigenvalue weighted by atomic mass is 10.1. The highest BCUT2D eigenvalue weighted by atomic mass is 35.5. The number of methoxy groups -OCH3 is 1. The third-order valence-electron chi connectivity index (χ3n) is 3.94. The van der Waals surface area contributed by atoms with E-state index in [2.05, 4.69) is 5.32 Å². The first-order chi connectivity index (χ1) is 14.5. The average Bonchev–Trinajstić information content (AvgIpc) is 2.74. The minimum absolute atomic E-state index is 0.118. The van der Waals surface area contributed by atoms with E-state index in [1.54, 1.807) is 24.3 Å². The van der Waals surface area contributed by atoms with Crippen LogP contribution in [0, 0.1) is 0 Å². The highest BCUT2D eigenvalue weighted by Gasteiger charge is 2.17. The maximum atomic E-state index is 12.6. The van der Waals surface area contributed by atoms with Gasteiger partial charge in [-0.15, -0.1) is 0 Å². The van der Waals surface area contributed by atoms with Crippen LogP contribution in [0.1, 0.15) is 10.4 Å². The van der Waals surface area contributed by atoms with Gasteiger partial charge in [0, 0.05) is 11.3 Å². The maximum Gasteiger partial charge on any atom is 0.255 e. The van der Waals surface area contributed by atoms with Crippen molar-refractivity contribution in [3.8, 4) is 23.0 Å². The number of nitrogens with two attached hydrogens (primary N) is 1. The SMILES string of the molecule is COc1cc(C(=O)Nc2ccc(Oc3ccccc3)cc2)cc(Cl)c1OCC(N)=O. The molecule has 0 fully saturated rings. The standard InChI is InChI=1S/C22H19ClN2O5/c1-28-19-12-14(11-18(23)21(19)29-13-20(24)26)22(27)25-15-7-9-17(10-8-15)30-16-5-3-2-4-6-16/h2-12H,13H2,1H3,(H2,24,26)(H,25,27). The van der Waals surface area contributed by atoms with Gasteiger partial charge < -0.3 is 25.3 Å². The normalized spacial score (nSPS) is 10.2. The molecule has 0 heterocycles. The molecule has 0 saturated carbocycles. The molecular weight excluding hydrogens is 408 g/mol. The molecule has 8 heteroatoms. The van der Waals surface area contributed by atoms with E-state index in [9.17, 15) is 9.59 Å². The van der Waals surface area contributed by atoms with Gasteiger partial charge in [0.1, 0.15) is 11.5 Å². The Morgan fingerprint density at radius 3 is 2.30 bits per heavy atom. The van der Waals surface area contributed by atoms with Gasteiger partial charge >= 0.3 is 0 Å². The van der Waals surface area contributed by atoms with Crippen LogP contribution >= 0.6 is 11.6 Å². The Bertz CT molecular complexity index is 1040. The Morgan fingerprint density at radius 1 is 1.00 bits per heavy atom. The van der Waals surface area contributed by atoms with Crippen molar-refractivity contribution in [2.75, 3.05) is 19.0 Å². The third kappa shape index (κ3) is 5.42. The molecule has 0 aromatic heterocycles. The highest BCUT2D eigenvalue weighted by molar-refractivity contribution is 6.32. The van der Waals surface area contributed by atoms with Crippen molar-refractivity contribution in [1.29, 1.82) is 0 Å². The summed E-state index contributed by atoms with van der Waals surface area (Å²) < 4.78 is 16.2. The molecule has 0 aliphatic carbocycles. The Balaban J connectivity index is 1.70. The molecule has 0 unspecified atom stereocenters.